The number of thioether (sulfide) groups is 1. The van der Waals surface area contributed by atoms with Crippen LogP contribution in [0.3, 0.4) is 0 Å². The van der Waals surface area contributed by atoms with Crippen molar-refractivity contribution in [3.63, 3.8) is 0 Å². The topological polar surface area (TPSA) is 29.5 Å². The van der Waals surface area contributed by atoms with Crippen molar-refractivity contribution < 1.29 is 9.84 Å². The van der Waals surface area contributed by atoms with Gasteiger partial charge in [-0.25, -0.2) is 0 Å². The monoisotopic (exact) mass is 364 g/mol. The fraction of sp³-hybridized carbons (Fsp3) is 0.294. The van der Waals surface area contributed by atoms with Crippen LogP contribution < -0.4 is 4.74 Å². The maximum atomic E-state index is 10.3. The van der Waals surface area contributed by atoms with Gasteiger partial charge in [0.2, 0.25) is 0 Å². The standard InChI is InChI=1S/C17H17BrO2S/c18-13-3-9-16(10-4-13)21-11-17(19)12-1-5-14(6-2-12)20-15-7-8-15/h1-6,9-10,15,17,19H,7-8,11H2. The summed E-state index contributed by atoms with van der Waals surface area (Å²) in [6.07, 6.45) is 2.27. The number of hydrogen-bond acceptors (Lipinski definition) is 3. The van der Waals surface area contributed by atoms with E-state index in [1.807, 2.05) is 48.5 Å². The highest BCUT2D eigenvalue weighted by Crippen LogP contribution is 2.29. The van der Waals surface area contributed by atoms with Crippen LogP contribution in [0.4, 0.5) is 0 Å². The first-order chi connectivity index (χ1) is 10.2. The van der Waals surface area contributed by atoms with Crippen LogP contribution in [-0.4, -0.2) is 17.0 Å². The van der Waals surface area contributed by atoms with Crippen LogP contribution in [0.2, 0.25) is 0 Å². The van der Waals surface area contributed by atoms with Gasteiger partial charge in [-0.1, -0.05) is 28.1 Å². The molecular formula is C17H17BrO2S. The average Bonchev–Trinajstić information content (AvgIpc) is 3.31. The van der Waals surface area contributed by atoms with E-state index in [2.05, 4.69) is 15.9 Å². The molecule has 1 aliphatic rings. The first-order valence-corrected chi connectivity index (χ1v) is 8.81. The van der Waals surface area contributed by atoms with Crippen LogP contribution in [0.25, 0.3) is 0 Å². The molecular weight excluding hydrogens is 348 g/mol. The number of rotatable bonds is 6. The van der Waals surface area contributed by atoms with Gasteiger partial charge in [-0.15, -0.1) is 11.8 Å². The predicted octanol–water partition coefficient (Wildman–Crippen LogP) is 4.82. The highest BCUT2D eigenvalue weighted by Gasteiger charge is 2.23. The molecule has 0 heterocycles. The molecule has 1 N–H and O–H groups in total. The van der Waals surface area contributed by atoms with Crippen LogP contribution >= 0.6 is 27.7 Å². The molecule has 0 bridgehead atoms. The number of hydrogen-bond donors (Lipinski definition) is 1. The quantitative estimate of drug-likeness (QED) is 0.745. The zero-order valence-corrected chi connectivity index (χ0v) is 13.9. The number of aliphatic hydroxyl groups excluding tert-OH is 1. The minimum absolute atomic E-state index is 0.411. The Kier molecular flexibility index (Phi) is 4.88. The summed E-state index contributed by atoms with van der Waals surface area (Å²) < 4.78 is 6.78. The maximum absolute atomic E-state index is 10.3. The fourth-order valence-electron chi connectivity index (χ4n) is 1.95. The second kappa shape index (κ2) is 6.86. The third kappa shape index (κ3) is 4.50. The molecule has 0 amide bonds. The van der Waals surface area contributed by atoms with Crippen molar-refractivity contribution in [1.82, 2.24) is 0 Å². The van der Waals surface area contributed by atoms with Gasteiger partial charge in [0.1, 0.15) is 5.75 Å². The van der Waals surface area contributed by atoms with Crippen molar-refractivity contribution >= 4 is 27.7 Å². The van der Waals surface area contributed by atoms with Gasteiger partial charge in [0.05, 0.1) is 12.2 Å². The van der Waals surface area contributed by atoms with Gasteiger partial charge >= 0.3 is 0 Å². The first kappa shape index (κ1) is 14.9. The molecule has 2 aromatic carbocycles. The molecule has 21 heavy (non-hydrogen) atoms. The van der Waals surface area contributed by atoms with E-state index >= 15 is 0 Å². The summed E-state index contributed by atoms with van der Waals surface area (Å²) in [7, 11) is 0. The fourth-order valence-corrected chi connectivity index (χ4v) is 3.08. The number of halogens is 1. The minimum atomic E-state index is -0.464. The Morgan fingerprint density at radius 1 is 1.10 bits per heavy atom. The Hall–Kier alpha value is -0.970. The van der Waals surface area contributed by atoms with Crippen LogP contribution in [0.5, 0.6) is 5.75 Å². The second-order valence-electron chi connectivity index (χ2n) is 5.17. The third-order valence-corrected chi connectivity index (χ3v) is 4.93. The normalized spacial score (nSPS) is 15.7. The van der Waals surface area contributed by atoms with Crippen molar-refractivity contribution in [2.45, 2.75) is 29.9 Å². The molecule has 0 aromatic heterocycles. The van der Waals surface area contributed by atoms with E-state index in [0.717, 1.165) is 33.5 Å². The highest BCUT2D eigenvalue weighted by atomic mass is 79.9. The van der Waals surface area contributed by atoms with Crippen molar-refractivity contribution in [3.8, 4) is 5.75 Å². The summed E-state index contributed by atoms with van der Waals surface area (Å²) in [5, 5.41) is 10.3. The first-order valence-electron chi connectivity index (χ1n) is 7.04. The van der Waals surface area contributed by atoms with Gasteiger partial charge in [-0.05, 0) is 54.8 Å². The molecule has 1 atom stereocenters. The average molecular weight is 365 g/mol. The molecule has 1 fully saturated rings. The maximum Gasteiger partial charge on any atom is 0.119 e. The van der Waals surface area contributed by atoms with E-state index in [9.17, 15) is 5.11 Å². The van der Waals surface area contributed by atoms with Gasteiger partial charge in [0.25, 0.3) is 0 Å². The van der Waals surface area contributed by atoms with Crippen LogP contribution in [-0.2, 0) is 0 Å². The zero-order chi connectivity index (χ0) is 14.7. The second-order valence-corrected chi connectivity index (χ2v) is 7.18. The summed E-state index contributed by atoms with van der Waals surface area (Å²) in [5.41, 5.74) is 0.933. The molecule has 110 valence electrons. The molecule has 1 aliphatic carbocycles. The number of ether oxygens (including phenoxy) is 1. The molecule has 4 heteroatoms. The number of aliphatic hydroxyl groups is 1. The lowest BCUT2D eigenvalue weighted by atomic mass is 10.1. The SMILES string of the molecule is OC(CSc1ccc(Br)cc1)c1ccc(OC2CC2)cc1. The van der Waals surface area contributed by atoms with Crippen LogP contribution in [0.1, 0.15) is 24.5 Å². The predicted molar refractivity (Wildman–Crippen MR) is 89.9 cm³/mol. The third-order valence-electron chi connectivity index (χ3n) is 3.31. The van der Waals surface area contributed by atoms with E-state index < -0.39 is 6.10 Å². The molecule has 0 aliphatic heterocycles. The molecule has 0 radical (unpaired) electrons. The summed E-state index contributed by atoms with van der Waals surface area (Å²) in [6, 6.07) is 15.9. The smallest absolute Gasteiger partial charge is 0.119 e. The van der Waals surface area contributed by atoms with E-state index in [1.54, 1.807) is 11.8 Å². The van der Waals surface area contributed by atoms with E-state index in [4.69, 9.17) is 4.74 Å². The van der Waals surface area contributed by atoms with Crippen molar-refractivity contribution in [2.24, 2.45) is 0 Å². The highest BCUT2D eigenvalue weighted by molar-refractivity contribution is 9.10. The Morgan fingerprint density at radius 2 is 1.76 bits per heavy atom. The molecule has 1 unspecified atom stereocenters. The van der Waals surface area contributed by atoms with Crippen LogP contribution in [0.15, 0.2) is 57.9 Å². The van der Waals surface area contributed by atoms with Crippen LogP contribution in [0, 0.1) is 0 Å². The molecule has 0 saturated heterocycles. The molecule has 1 saturated carbocycles. The van der Waals surface area contributed by atoms with Gasteiger partial charge < -0.3 is 9.84 Å². The lowest BCUT2D eigenvalue weighted by Crippen LogP contribution is -2.01. The largest absolute Gasteiger partial charge is 0.490 e. The van der Waals surface area contributed by atoms with Gasteiger partial charge in [0.15, 0.2) is 0 Å². The minimum Gasteiger partial charge on any atom is -0.490 e. The summed E-state index contributed by atoms with van der Waals surface area (Å²) in [4.78, 5) is 1.16. The van der Waals surface area contributed by atoms with E-state index in [1.165, 1.54) is 0 Å². The Balaban J connectivity index is 1.54. The zero-order valence-electron chi connectivity index (χ0n) is 11.5. The molecule has 3 rings (SSSR count). The number of benzene rings is 2. The Bertz CT molecular complexity index is 579. The molecule has 2 aromatic rings. The lowest BCUT2D eigenvalue weighted by Gasteiger charge is -2.12. The van der Waals surface area contributed by atoms with Gasteiger partial charge in [0, 0.05) is 15.1 Å². The summed E-state index contributed by atoms with van der Waals surface area (Å²) in [5.74, 6) is 1.54. The summed E-state index contributed by atoms with van der Waals surface area (Å²) >= 11 is 5.07. The van der Waals surface area contributed by atoms with Crippen molar-refractivity contribution in [1.29, 1.82) is 0 Å². The van der Waals surface area contributed by atoms with E-state index in [0.29, 0.717) is 11.9 Å². The lowest BCUT2D eigenvalue weighted by molar-refractivity contribution is 0.204. The Labute approximate surface area is 137 Å². The molecule has 2 nitrogen and oxygen atoms in total. The van der Waals surface area contributed by atoms with Crippen molar-refractivity contribution in [3.05, 3.63) is 58.6 Å². The Morgan fingerprint density at radius 3 is 2.38 bits per heavy atom. The van der Waals surface area contributed by atoms with Crippen molar-refractivity contribution in [2.75, 3.05) is 5.75 Å². The summed E-state index contributed by atoms with van der Waals surface area (Å²) in [6.45, 7) is 0. The van der Waals surface area contributed by atoms with Gasteiger partial charge in [-0.2, -0.15) is 0 Å². The van der Waals surface area contributed by atoms with E-state index in [-0.39, 0.29) is 0 Å². The molecule has 0 spiro atoms. The van der Waals surface area contributed by atoms with Gasteiger partial charge in [-0.3, -0.25) is 0 Å².